The van der Waals surface area contributed by atoms with Gasteiger partial charge >= 0.3 is 0 Å². The number of aromatic amines is 1. The maximum Gasteiger partial charge on any atom is 0.0923 e. The van der Waals surface area contributed by atoms with E-state index in [2.05, 4.69) is 110 Å². The fourth-order valence-corrected chi connectivity index (χ4v) is 3.17. The summed E-state index contributed by atoms with van der Waals surface area (Å²) in [5, 5.41) is 7.64. The fourth-order valence-electron chi connectivity index (χ4n) is 3.17. The molecular weight excluding hydrogens is 328 g/mol. The third kappa shape index (κ3) is 3.70. The molecule has 4 rings (SSSR count). The molecule has 0 saturated heterocycles. The molecular formula is C25H24N2. The van der Waals surface area contributed by atoms with Gasteiger partial charge in [0, 0.05) is 16.7 Å². The summed E-state index contributed by atoms with van der Waals surface area (Å²) in [6.45, 7) is 6.56. The van der Waals surface area contributed by atoms with Crippen molar-refractivity contribution >= 4 is 0 Å². The molecule has 0 fully saturated rings. The van der Waals surface area contributed by atoms with Crippen LogP contribution in [0.1, 0.15) is 26.5 Å². The molecule has 1 N–H and O–H groups in total. The summed E-state index contributed by atoms with van der Waals surface area (Å²) in [4.78, 5) is 0. The molecule has 0 radical (unpaired) electrons. The lowest BCUT2D eigenvalue weighted by atomic mass is 9.92. The van der Waals surface area contributed by atoms with E-state index in [1.807, 2.05) is 6.07 Å². The molecule has 0 atom stereocenters. The largest absolute Gasteiger partial charge is 0.281 e. The molecule has 0 spiro atoms. The molecule has 1 heterocycles. The topological polar surface area (TPSA) is 28.7 Å². The summed E-state index contributed by atoms with van der Waals surface area (Å²) in [5.41, 5.74) is 8.26. The van der Waals surface area contributed by atoms with E-state index < -0.39 is 0 Å². The molecule has 2 nitrogen and oxygen atoms in total. The van der Waals surface area contributed by atoms with Gasteiger partial charge < -0.3 is 0 Å². The molecule has 1 aromatic heterocycles. The summed E-state index contributed by atoms with van der Waals surface area (Å²) >= 11 is 0. The van der Waals surface area contributed by atoms with E-state index in [0.717, 1.165) is 17.0 Å². The van der Waals surface area contributed by atoms with E-state index in [-0.39, 0.29) is 5.41 Å². The Hall–Kier alpha value is -3.13. The average molecular weight is 352 g/mol. The van der Waals surface area contributed by atoms with Gasteiger partial charge in [-0.3, -0.25) is 5.10 Å². The third-order valence-electron chi connectivity index (χ3n) is 4.89. The van der Waals surface area contributed by atoms with Crippen LogP contribution in [0.4, 0.5) is 0 Å². The van der Waals surface area contributed by atoms with Crippen LogP contribution in [0.2, 0.25) is 0 Å². The van der Waals surface area contributed by atoms with Crippen LogP contribution in [-0.4, -0.2) is 10.2 Å². The standard InChI is InChI=1S/C25H24N2/c1-25(2,3)24-17-23(26-27-24)22-15-13-21(14-16-22)20-11-9-19(10-12-20)18-7-5-4-6-8-18/h4-17H,1-3H3,(H,26,27). The Morgan fingerprint density at radius 2 is 1.04 bits per heavy atom. The summed E-state index contributed by atoms with van der Waals surface area (Å²) in [6, 6.07) is 30.0. The molecule has 4 aromatic rings. The van der Waals surface area contributed by atoms with Crippen LogP contribution in [-0.2, 0) is 5.41 Å². The summed E-state index contributed by atoms with van der Waals surface area (Å²) < 4.78 is 0. The molecule has 0 unspecified atom stereocenters. The van der Waals surface area contributed by atoms with Crippen LogP contribution in [0.3, 0.4) is 0 Å². The monoisotopic (exact) mass is 352 g/mol. The number of nitrogens with one attached hydrogen (secondary N) is 1. The molecule has 2 heteroatoms. The molecule has 134 valence electrons. The molecule has 0 aliphatic heterocycles. The van der Waals surface area contributed by atoms with Gasteiger partial charge in [0.05, 0.1) is 5.69 Å². The first-order valence-corrected chi connectivity index (χ1v) is 9.33. The van der Waals surface area contributed by atoms with Crippen LogP contribution in [0.25, 0.3) is 33.5 Å². The van der Waals surface area contributed by atoms with Gasteiger partial charge in [-0.1, -0.05) is 99.6 Å². The zero-order valence-electron chi connectivity index (χ0n) is 16.0. The first-order chi connectivity index (χ1) is 13.0. The molecule has 27 heavy (non-hydrogen) atoms. The Balaban J connectivity index is 1.56. The fraction of sp³-hybridized carbons (Fsp3) is 0.160. The Labute approximate surface area is 160 Å². The number of hydrogen-bond donors (Lipinski definition) is 1. The van der Waals surface area contributed by atoms with E-state index >= 15 is 0 Å². The van der Waals surface area contributed by atoms with Crippen molar-refractivity contribution in [3.63, 3.8) is 0 Å². The van der Waals surface area contributed by atoms with Gasteiger partial charge in [-0.25, -0.2) is 0 Å². The lowest BCUT2D eigenvalue weighted by molar-refractivity contribution is 0.567. The normalized spacial score (nSPS) is 11.5. The van der Waals surface area contributed by atoms with Crippen LogP contribution >= 0.6 is 0 Å². The van der Waals surface area contributed by atoms with Gasteiger partial charge in [-0.2, -0.15) is 5.10 Å². The van der Waals surface area contributed by atoms with Crippen molar-refractivity contribution in [3.05, 3.63) is 90.6 Å². The molecule has 0 aliphatic carbocycles. The van der Waals surface area contributed by atoms with E-state index in [1.54, 1.807) is 0 Å². The Bertz CT molecular complexity index is 1020. The Kier molecular flexibility index (Phi) is 4.41. The third-order valence-corrected chi connectivity index (χ3v) is 4.89. The zero-order chi connectivity index (χ0) is 18.9. The predicted octanol–water partition coefficient (Wildman–Crippen LogP) is 6.71. The number of aromatic nitrogens is 2. The van der Waals surface area contributed by atoms with Crippen LogP contribution < -0.4 is 0 Å². The quantitative estimate of drug-likeness (QED) is 0.436. The predicted molar refractivity (Wildman–Crippen MR) is 114 cm³/mol. The number of nitrogens with zero attached hydrogens (tertiary/aromatic N) is 1. The Morgan fingerprint density at radius 3 is 1.48 bits per heavy atom. The highest BCUT2D eigenvalue weighted by Gasteiger charge is 2.17. The van der Waals surface area contributed by atoms with Gasteiger partial charge in [0.15, 0.2) is 0 Å². The van der Waals surface area contributed by atoms with Crippen LogP contribution in [0.15, 0.2) is 84.9 Å². The van der Waals surface area contributed by atoms with Gasteiger partial charge in [0.2, 0.25) is 0 Å². The van der Waals surface area contributed by atoms with Crippen molar-refractivity contribution in [1.29, 1.82) is 0 Å². The van der Waals surface area contributed by atoms with Crippen molar-refractivity contribution in [2.24, 2.45) is 0 Å². The van der Waals surface area contributed by atoms with Crippen molar-refractivity contribution in [1.82, 2.24) is 10.2 Å². The number of rotatable bonds is 3. The van der Waals surface area contributed by atoms with Gasteiger partial charge in [-0.05, 0) is 28.3 Å². The minimum Gasteiger partial charge on any atom is -0.281 e. The average Bonchev–Trinajstić information content (AvgIpc) is 3.20. The van der Waals surface area contributed by atoms with E-state index in [9.17, 15) is 0 Å². The zero-order valence-corrected chi connectivity index (χ0v) is 16.0. The first-order valence-electron chi connectivity index (χ1n) is 9.33. The van der Waals surface area contributed by atoms with E-state index in [1.165, 1.54) is 22.3 Å². The van der Waals surface area contributed by atoms with Crippen LogP contribution in [0.5, 0.6) is 0 Å². The molecule has 0 aliphatic rings. The second-order valence-corrected chi connectivity index (χ2v) is 7.94. The highest BCUT2D eigenvalue weighted by atomic mass is 15.1. The van der Waals surface area contributed by atoms with Gasteiger partial charge in [-0.15, -0.1) is 0 Å². The first kappa shape index (κ1) is 17.3. The minimum atomic E-state index is 0.0751. The summed E-state index contributed by atoms with van der Waals surface area (Å²) in [7, 11) is 0. The van der Waals surface area contributed by atoms with Crippen molar-refractivity contribution in [2.45, 2.75) is 26.2 Å². The maximum atomic E-state index is 4.48. The number of hydrogen-bond acceptors (Lipinski definition) is 1. The maximum absolute atomic E-state index is 4.48. The lowest BCUT2D eigenvalue weighted by Gasteiger charge is -2.14. The summed E-state index contributed by atoms with van der Waals surface area (Å²) in [6.07, 6.45) is 0. The lowest BCUT2D eigenvalue weighted by Crippen LogP contribution is -2.11. The van der Waals surface area contributed by atoms with Gasteiger partial charge in [0.25, 0.3) is 0 Å². The van der Waals surface area contributed by atoms with Crippen molar-refractivity contribution in [3.8, 4) is 33.5 Å². The highest BCUT2D eigenvalue weighted by molar-refractivity contribution is 5.72. The van der Waals surface area contributed by atoms with Crippen LogP contribution in [0, 0.1) is 0 Å². The van der Waals surface area contributed by atoms with E-state index in [0.29, 0.717) is 0 Å². The second-order valence-electron chi connectivity index (χ2n) is 7.94. The number of benzene rings is 3. The molecule has 3 aromatic carbocycles. The smallest absolute Gasteiger partial charge is 0.0923 e. The highest BCUT2D eigenvalue weighted by Crippen LogP contribution is 2.28. The molecule has 0 bridgehead atoms. The van der Waals surface area contributed by atoms with Gasteiger partial charge in [0.1, 0.15) is 0 Å². The molecule has 0 saturated carbocycles. The Morgan fingerprint density at radius 1 is 0.593 bits per heavy atom. The minimum absolute atomic E-state index is 0.0751. The summed E-state index contributed by atoms with van der Waals surface area (Å²) in [5.74, 6) is 0. The van der Waals surface area contributed by atoms with E-state index in [4.69, 9.17) is 0 Å². The number of H-pyrrole nitrogens is 1. The SMILES string of the molecule is CC(C)(C)c1cc(-c2ccc(-c3ccc(-c4ccccc4)cc3)cc2)n[nH]1. The van der Waals surface area contributed by atoms with Crippen molar-refractivity contribution in [2.75, 3.05) is 0 Å². The second kappa shape index (κ2) is 6.88. The molecule has 0 amide bonds. The van der Waals surface area contributed by atoms with Crippen molar-refractivity contribution < 1.29 is 0 Å².